The van der Waals surface area contributed by atoms with Crippen LogP contribution in [0.25, 0.3) is 0 Å². The zero-order valence-electron chi connectivity index (χ0n) is 11.2. The van der Waals surface area contributed by atoms with E-state index in [1.54, 1.807) is 12.1 Å². The second-order valence-electron chi connectivity index (χ2n) is 4.55. The molecule has 0 radical (unpaired) electrons. The van der Waals surface area contributed by atoms with Gasteiger partial charge in [0.05, 0.1) is 0 Å². The minimum Gasteiger partial charge on any atom is -0.334 e. The summed E-state index contributed by atoms with van der Waals surface area (Å²) < 4.78 is 26.9. The molecule has 0 aliphatic rings. The molecule has 0 heterocycles. The van der Waals surface area contributed by atoms with Gasteiger partial charge in [0.25, 0.3) is 0 Å². The summed E-state index contributed by atoms with van der Waals surface area (Å²) in [6.07, 6.45) is 0. The van der Waals surface area contributed by atoms with Crippen molar-refractivity contribution in [1.29, 1.82) is 0 Å². The van der Waals surface area contributed by atoms with E-state index >= 15 is 0 Å². The number of carbonyl (C=O) groups is 1. The molecule has 0 saturated carbocycles. The number of nitrogens with one attached hydrogen (secondary N) is 2. The molecule has 0 unspecified atom stereocenters. The number of hydrogen-bond donors (Lipinski definition) is 2. The Morgan fingerprint density at radius 1 is 1.14 bits per heavy atom. The lowest BCUT2D eigenvalue weighted by Crippen LogP contribution is -2.28. The number of halogens is 3. The quantitative estimate of drug-likeness (QED) is 0.844. The van der Waals surface area contributed by atoms with Crippen LogP contribution in [0, 0.1) is 18.6 Å². The van der Waals surface area contributed by atoms with Crippen LogP contribution in [0.3, 0.4) is 0 Å². The molecule has 0 spiro atoms. The summed E-state index contributed by atoms with van der Waals surface area (Å²) in [5.41, 5.74) is 2.03. The molecule has 0 bridgehead atoms. The molecule has 2 N–H and O–H groups in total. The first kappa shape index (κ1) is 15.4. The molecule has 21 heavy (non-hydrogen) atoms. The molecule has 2 aromatic rings. The monoisotopic (exact) mass is 354 g/mol. The van der Waals surface area contributed by atoms with Crippen LogP contribution in [-0.2, 0) is 6.54 Å². The van der Waals surface area contributed by atoms with E-state index in [-0.39, 0.29) is 6.54 Å². The van der Waals surface area contributed by atoms with Crippen LogP contribution in [-0.4, -0.2) is 6.03 Å². The topological polar surface area (TPSA) is 41.1 Å². The third-order valence-corrected chi connectivity index (χ3v) is 3.66. The highest BCUT2D eigenvalue weighted by molar-refractivity contribution is 9.10. The van der Waals surface area contributed by atoms with Gasteiger partial charge in [-0.2, -0.15) is 0 Å². The number of urea groups is 1. The summed E-state index contributed by atoms with van der Waals surface area (Å²) in [6, 6.07) is 8.08. The van der Waals surface area contributed by atoms with Gasteiger partial charge < -0.3 is 10.6 Å². The van der Waals surface area contributed by atoms with E-state index in [0.29, 0.717) is 11.3 Å². The van der Waals surface area contributed by atoms with Crippen molar-refractivity contribution in [3.63, 3.8) is 0 Å². The first-order valence-electron chi connectivity index (χ1n) is 6.20. The van der Waals surface area contributed by atoms with Gasteiger partial charge in [0, 0.05) is 22.8 Å². The summed E-state index contributed by atoms with van der Waals surface area (Å²) in [6.45, 7) is 1.97. The van der Waals surface area contributed by atoms with Crippen molar-refractivity contribution < 1.29 is 13.6 Å². The van der Waals surface area contributed by atoms with Gasteiger partial charge in [0.15, 0.2) is 0 Å². The van der Waals surface area contributed by atoms with Gasteiger partial charge in [-0.25, -0.2) is 13.6 Å². The van der Waals surface area contributed by atoms with Gasteiger partial charge in [-0.1, -0.05) is 22.0 Å². The molecule has 2 rings (SSSR count). The molecule has 0 fully saturated rings. The van der Waals surface area contributed by atoms with Crippen molar-refractivity contribution in [2.24, 2.45) is 0 Å². The fraction of sp³-hybridized carbons (Fsp3) is 0.133. The normalized spacial score (nSPS) is 10.3. The number of anilines is 1. The van der Waals surface area contributed by atoms with E-state index < -0.39 is 17.7 Å². The summed E-state index contributed by atoms with van der Waals surface area (Å²) >= 11 is 3.37. The summed E-state index contributed by atoms with van der Waals surface area (Å²) in [7, 11) is 0. The Hall–Kier alpha value is -1.95. The Morgan fingerprint density at radius 2 is 1.81 bits per heavy atom. The molecular weight excluding hydrogens is 342 g/mol. The molecule has 3 nitrogen and oxygen atoms in total. The maximum atomic E-state index is 13.0. The average molecular weight is 355 g/mol. The van der Waals surface area contributed by atoms with Crippen LogP contribution in [0.1, 0.15) is 11.1 Å². The fourth-order valence-corrected chi connectivity index (χ4v) is 2.12. The highest BCUT2D eigenvalue weighted by atomic mass is 79.9. The molecular formula is C15H13BrF2N2O. The predicted molar refractivity (Wildman–Crippen MR) is 81.1 cm³/mol. The molecule has 110 valence electrons. The van der Waals surface area contributed by atoms with Crippen molar-refractivity contribution in [3.05, 3.63) is 63.6 Å². The van der Waals surface area contributed by atoms with Crippen molar-refractivity contribution in [3.8, 4) is 0 Å². The van der Waals surface area contributed by atoms with Crippen molar-refractivity contribution >= 4 is 27.6 Å². The Kier molecular flexibility index (Phi) is 4.90. The number of carbonyl (C=O) groups excluding carboxylic acids is 1. The Morgan fingerprint density at radius 3 is 2.43 bits per heavy atom. The van der Waals surface area contributed by atoms with Gasteiger partial charge >= 0.3 is 6.03 Å². The second-order valence-corrected chi connectivity index (χ2v) is 5.40. The largest absolute Gasteiger partial charge is 0.334 e. The lowest BCUT2D eigenvalue weighted by Gasteiger charge is -2.09. The van der Waals surface area contributed by atoms with Gasteiger partial charge in [0.2, 0.25) is 0 Å². The van der Waals surface area contributed by atoms with Crippen molar-refractivity contribution in [2.45, 2.75) is 13.5 Å². The van der Waals surface area contributed by atoms with E-state index in [0.717, 1.165) is 16.1 Å². The predicted octanol–water partition coefficient (Wildman–Crippen LogP) is 4.36. The van der Waals surface area contributed by atoms with E-state index in [1.165, 1.54) is 12.1 Å². The number of aryl methyl sites for hydroxylation is 1. The van der Waals surface area contributed by atoms with E-state index in [2.05, 4.69) is 26.6 Å². The number of rotatable bonds is 3. The molecule has 0 saturated heterocycles. The third kappa shape index (κ3) is 4.53. The molecule has 2 aromatic carbocycles. The van der Waals surface area contributed by atoms with Crippen LogP contribution in [0.15, 0.2) is 40.9 Å². The standard InChI is InChI=1S/C15H13BrF2N2O/c1-9-2-3-13(7-14(9)16)20-15(21)19-8-10-4-11(17)6-12(18)5-10/h2-7H,8H2,1H3,(H2,19,20,21). The smallest absolute Gasteiger partial charge is 0.319 e. The van der Waals surface area contributed by atoms with Crippen molar-refractivity contribution in [2.75, 3.05) is 5.32 Å². The van der Waals surface area contributed by atoms with Crippen LogP contribution < -0.4 is 10.6 Å². The Balaban J connectivity index is 1.94. The minimum absolute atomic E-state index is 0.0353. The first-order valence-corrected chi connectivity index (χ1v) is 6.99. The highest BCUT2D eigenvalue weighted by Gasteiger charge is 2.05. The SMILES string of the molecule is Cc1ccc(NC(=O)NCc2cc(F)cc(F)c2)cc1Br. The second kappa shape index (κ2) is 6.67. The number of benzene rings is 2. The lowest BCUT2D eigenvalue weighted by molar-refractivity contribution is 0.251. The molecule has 6 heteroatoms. The Labute approximate surface area is 129 Å². The third-order valence-electron chi connectivity index (χ3n) is 2.81. The maximum absolute atomic E-state index is 13.0. The van der Waals surface area contributed by atoms with Gasteiger partial charge in [-0.3, -0.25) is 0 Å². The van der Waals surface area contributed by atoms with Gasteiger partial charge in [0.1, 0.15) is 11.6 Å². The zero-order valence-corrected chi connectivity index (χ0v) is 12.8. The zero-order chi connectivity index (χ0) is 15.4. The van der Waals surface area contributed by atoms with Gasteiger partial charge in [-0.15, -0.1) is 0 Å². The van der Waals surface area contributed by atoms with Crippen LogP contribution in [0.4, 0.5) is 19.3 Å². The number of amides is 2. The van der Waals surface area contributed by atoms with Gasteiger partial charge in [-0.05, 0) is 42.3 Å². The van der Waals surface area contributed by atoms with Crippen LogP contribution >= 0.6 is 15.9 Å². The average Bonchev–Trinajstić information content (AvgIpc) is 2.40. The summed E-state index contributed by atoms with van der Waals surface area (Å²) in [5, 5.41) is 5.18. The Bertz CT molecular complexity index is 656. The molecule has 0 atom stereocenters. The molecule has 2 amide bonds. The fourth-order valence-electron chi connectivity index (χ4n) is 1.74. The van der Waals surface area contributed by atoms with Crippen LogP contribution in [0.5, 0.6) is 0 Å². The van der Waals surface area contributed by atoms with E-state index in [1.807, 2.05) is 13.0 Å². The molecule has 0 aliphatic carbocycles. The minimum atomic E-state index is -0.672. The molecule has 0 aromatic heterocycles. The van der Waals surface area contributed by atoms with Crippen molar-refractivity contribution in [1.82, 2.24) is 5.32 Å². The lowest BCUT2D eigenvalue weighted by atomic mass is 10.2. The van der Waals surface area contributed by atoms with Crippen LogP contribution in [0.2, 0.25) is 0 Å². The first-order chi connectivity index (χ1) is 9.94. The highest BCUT2D eigenvalue weighted by Crippen LogP contribution is 2.20. The summed E-state index contributed by atoms with van der Waals surface area (Å²) in [4.78, 5) is 11.7. The maximum Gasteiger partial charge on any atom is 0.319 e. The van der Waals surface area contributed by atoms with E-state index in [4.69, 9.17) is 0 Å². The number of hydrogen-bond acceptors (Lipinski definition) is 1. The molecule has 0 aliphatic heterocycles. The summed E-state index contributed by atoms with van der Waals surface area (Å²) in [5.74, 6) is -1.34. The van der Waals surface area contributed by atoms with E-state index in [9.17, 15) is 13.6 Å².